The molecule has 0 fully saturated rings. The molecule has 0 amide bonds. The fraction of sp³-hybridized carbons (Fsp3) is 0.250. The van der Waals surface area contributed by atoms with Gasteiger partial charge in [0.05, 0.1) is 0 Å². The molecule has 0 aliphatic heterocycles. The highest BCUT2D eigenvalue weighted by molar-refractivity contribution is 5.07. The minimum Gasteiger partial charge on any atom is -0.328 e. The number of rotatable bonds is 0. The Morgan fingerprint density at radius 2 is 2.09 bits per heavy atom. The van der Waals surface area contributed by atoms with E-state index in [2.05, 4.69) is 14.7 Å². The molecule has 7 heteroatoms. The minimum absolute atomic E-state index is 0.627. The lowest BCUT2D eigenvalue weighted by Gasteiger charge is -1.95. The predicted molar refractivity (Wildman–Crippen MR) is 24.0 cm³/mol. The van der Waals surface area contributed by atoms with Gasteiger partial charge in [0.1, 0.15) is 6.07 Å². The van der Waals surface area contributed by atoms with Crippen molar-refractivity contribution in [2.45, 2.75) is 6.18 Å². The Morgan fingerprint density at radius 3 is 2.36 bits per heavy atom. The maximum atomic E-state index is 11.6. The molecule has 0 spiro atoms. The first kappa shape index (κ1) is 7.53. The van der Waals surface area contributed by atoms with Crippen molar-refractivity contribution >= 4 is 0 Å². The second-order valence-corrected chi connectivity index (χ2v) is 1.53. The summed E-state index contributed by atoms with van der Waals surface area (Å²) in [5.41, 5.74) is 0. The summed E-state index contributed by atoms with van der Waals surface area (Å²) in [6.45, 7) is 0. The molecule has 1 aromatic rings. The Morgan fingerprint density at radius 1 is 1.45 bits per heavy atom. The summed E-state index contributed by atoms with van der Waals surface area (Å²) in [4.78, 5) is 2.74. The number of alkyl halides is 3. The van der Waals surface area contributed by atoms with Crippen LogP contribution in [0.1, 0.15) is 11.7 Å². The summed E-state index contributed by atoms with van der Waals surface area (Å²) in [5.74, 6) is -2.13. The van der Waals surface area contributed by atoms with Gasteiger partial charge in [0.25, 0.3) is 5.82 Å². The Bertz CT molecular complexity index is 296. The Balaban J connectivity index is 3.01. The summed E-state index contributed by atoms with van der Waals surface area (Å²) in [7, 11) is 0. The molecular formula is C4F3N3O. The standard InChI is InChI=1S/C4F3N3O/c5-4(6,7)3-9-2(1-8)10-11-3. The van der Waals surface area contributed by atoms with Crippen molar-refractivity contribution in [1.29, 1.82) is 5.26 Å². The van der Waals surface area contributed by atoms with Crippen molar-refractivity contribution in [3.8, 4) is 6.07 Å². The minimum atomic E-state index is -4.68. The number of aromatic nitrogens is 2. The highest BCUT2D eigenvalue weighted by Gasteiger charge is 2.38. The molecule has 58 valence electrons. The van der Waals surface area contributed by atoms with Crippen LogP contribution in [0.4, 0.5) is 13.2 Å². The lowest BCUT2D eigenvalue weighted by atomic mass is 10.6. The molecule has 4 nitrogen and oxygen atoms in total. The zero-order chi connectivity index (χ0) is 8.48. The van der Waals surface area contributed by atoms with Gasteiger partial charge in [-0.05, 0) is 5.16 Å². The number of hydrogen-bond acceptors (Lipinski definition) is 4. The lowest BCUT2D eigenvalue weighted by molar-refractivity contribution is -0.159. The van der Waals surface area contributed by atoms with Crippen LogP contribution in [0.5, 0.6) is 0 Å². The molecule has 0 atom stereocenters. The maximum absolute atomic E-state index is 11.6. The number of halogens is 3. The predicted octanol–water partition coefficient (Wildman–Crippen LogP) is 0.960. The van der Waals surface area contributed by atoms with E-state index >= 15 is 0 Å². The second-order valence-electron chi connectivity index (χ2n) is 1.53. The molecule has 1 rings (SSSR count). The zero-order valence-electron chi connectivity index (χ0n) is 4.88. The van der Waals surface area contributed by atoms with E-state index in [1.807, 2.05) is 0 Å². The number of hydrogen-bond donors (Lipinski definition) is 0. The molecule has 0 N–H and O–H groups in total. The van der Waals surface area contributed by atoms with Gasteiger partial charge in [-0.3, -0.25) is 0 Å². The SMILES string of the molecule is N#Cc1noc(C(F)(F)F)n1. The van der Waals surface area contributed by atoms with Gasteiger partial charge in [0, 0.05) is 0 Å². The van der Waals surface area contributed by atoms with Crippen LogP contribution in [-0.2, 0) is 6.18 Å². The molecule has 0 saturated heterocycles. The van der Waals surface area contributed by atoms with Gasteiger partial charge in [-0.2, -0.15) is 23.4 Å². The summed E-state index contributed by atoms with van der Waals surface area (Å²) < 4.78 is 38.6. The van der Waals surface area contributed by atoms with E-state index in [1.165, 1.54) is 6.07 Å². The van der Waals surface area contributed by atoms with Crippen LogP contribution in [0.25, 0.3) is 0 Å². The fourth-order valence-electron chi connectivity index (χ4n) is 0.384. The van der Waals surface area contributed by atoms with Crippen molar-refractivity contribution in [3.63, 3.8) is 0 Å². The van der Waals surface area contributed by atoms with E-state index in [9.17, 15) is 13.2 Å². The summed E-state index contributed by atoms with van der Waals surface area (Å²) in [6, 6.07) is 1.30. The van der Waals surface area contributed by atoms with E-state index in [0.717, 1.165) is 0 Å². The van der Waals surface area contributed by atoms with Crippen LogP contribution < -0.4 is 0 Å². The smallest absolute Gasteiger partial charge is 0.328 e. The Hall–Kier alpha value is -1.58. The Labute approximate surface area is 58.2 Å². The highest BCUT2D eigenvalue weighted by atomic mass is 19.4. The second kappa shape index (κ2) is 2.23. The quantitative estimate of drug-likeness (QED) is 0.571. The van der Waals surface area contributed by atoms with Gasteiger partial charge in [0.2, 0.25) is 0 Å². The molecule has 1 heterocycles. The molecule has 0 aliphatic rings. The van der Waals surface area contributed by atoms with Gasteiger partial charge >= 0.3 is 12.1 Å². The van der Waals surface area contributed by atoms with Gasteiger partial charge in [-0.25, -0.2) is 0 Å². The van der Waals surface area contributed by atoms with E-state index in [1.54, 1.807) is 0 Å². The third-order valence-corrected chi connectivity index (χ3v) is 0.769. The van der Waals surface area contributed by atoms with Crippen molar-refractivity contribution in [1.82, 2.24) is 10.1 Å². The van der Waals surface area contributed by atoms with Crippen LogP contribution in [-0.4, -0.2) is 10.1 Å². The fourth-order valence-corrected chi connectivity index (χ4v) is 0.384. The van der Waals surface area contributed by atoms with Gasteiger partial charge in [-0.1, -0.05) is 0 Å². The molecule has 0 aromatic carbocycles. The van der Waals surface area contributed by atoms with Crippen LogP contribution in [0.3, 0.4) is 0 Å². The first-order valence-corrected chi connectivity index (χ1v) is 2.35. The summed E-state index contributed by atoms with van der Waals surface area (Å²) in [6.07, 6.45) is -4.68. The first-order chi connectivity index (χ1) is 5.04. The molecule has 1 aromatic heterocycles. The highest BCUT2D eigenvalue weighted by Crippen LogP contribution is 2.26. The maximum Gasteiger partial charge on any atom is 0.471 e. The molecular weight excluding hydrogens is 163 g/mol. The summed E-state index contributed by atoms with van der Waals surface area (Å²) in [5, 5.41) is 10.7. The zero-order valence-corrected chi connectivity index (χ0v) is 4.88. The van der Waals surface area contributed by atoms with E-state index in [4.69, 9.17) is 5.26 Å². The largest absolute Gasteiger partial charge is 0.471 e. The molecule has 11 heavy (non-hydrogen) atoms. The Kier molecular flexibility index (Phi) is 1.53. The average Bonchev–Trinajstić information content (AvgIpc) is 2.32. The third-order valence-electron chi connectivity index (χ3n) is 0.769. The van der Waals surface area contributed by atoms with Crippen molar-refractivity contribution in [3.05, 3.63) is 11.7 Å². The van der Waals surface area contributed by atoms with Gasteiger partial charge in [-0.15, -0.1) is 0 Å². The topological polar surface area (TPSA) is 62.7 Å². The van der Waals surface area contributed by atoms with Crippen LogP contribution in [0.15, 0.2) is 4.52 Å². The van der Waals surface area contributed by atoms with E-state index in [0.29, 0.717) is 0 Å². The van der Waals surface area contributed by atoms with Crippen molar-refractivity contribution in [2.24, 2.45) is 0 Å². The molecule has 0 aliphatic carbocycles. The third kappa shape index (κ3) is 1.46. The van der Waals surface area contributed by atoms with Crippen molar-refractivity contribution in [2.75, 3.05) is 0 Å². The number of nitrogens with zero attached hydrogens (tertiary/aromatic N) is 3. The number of nitriles is 1. The average molecular weight is 163 g/mol. The molecule has 0 saturated carbocycles. The summed E-state index contributed by atoms with van der Waals surface area (Å²) >= 11 is 0. The molecule has 0 bridgehead atoms. The van der Waals surface area contributed by atoms with Gasteiger partial charge < -0.3 is 4.52 Å². The monoisotopic (exact) mass is 163 g/mol. The van der Waals surface area contributed by atoms with E-state index in [-0.39, 0.29) is 0 Å². The van der Waals surface area contributed by atoms with Crippen molar-refractivity contribution < 1.29 is 17.7 Å². The first-order valence-electron chi connectivity index (χ1n) is 2.35. The van der Waals surface area contributed by atoms with E-state index < -0.39 is 17.9 Å². The normalized spacial score (nSPS) is 11.1. The van der Waals surface area contributed by atoms with Crippen LogP contribution in [0, 0.1) is 11.3 Å². The van der Waals surface area contributed by atoms with Crippen LogP contribution in [0.2, 0.25) is 0 Å². The molecule has 0 radical (unpaired) electrons. The van der Waals surface area contributed by atoms with Gasteiger partial charge in [0.15, 0.2) is 0 Å². The lowest BCUT2D eigenvalue weighted by Crippen LogP contribution is -2.04. The molecule has 0 unspecified atom stereocenters. The van der Waals surface area contributed by atoms with Crippen LogP contribution >= 0.6 is 0 Å².